The molecule has 4 nitrogen and oxygen atoms in total. The second-order valence-electron chi connectivity index (χ2n) is 6.90. The van der Waals surface area contributed by atoms with Gasteiger partial charge in [-0.1, -0.05) is 18.2 Å². The maximum atomic E-state index is 6.04. The Labute approximate surface area is 156 Å². The van der Waals surface area contributed by atoms with Crippen LogP contribution >= 0.6 is 0 Å². The summed E-state index contributed by atoms with van der Waals surface area (Å²) in [5, 5.41) is 0. The highest BCUT2D eigenvalue weighted by atomic mass is 16.5. The molecule has 2 aromatic carbocycles. The van der Waals surface area contributed by atoms with Crippen molar-refractivity contribution in [3.05, 3.63) is 53.6 Å². The molecule has 1 atom stereocenters. The topological polar surface area (TPSA) is 30.9 Å². The van der Waals surface area contributed by atoms with E-state index >= 15 is 0 Å². The average Bonchev–Trinajstić information content (AvgIpc) is 3.12. The molecule has 0 N–H and O–H groups in total. The summed E-state index contributed by atoms with van der Waals surface area (Å²) in [7, 11) is 3.35. The summed E-state index contributed by atoms with van der Waals surface area (Å²) >= 11 is 0. The minimum absolute atomic E-state index is 0.496. The van der Waals surface area contributed by atoms with Crippen LogP contribution < -0.4 is 14.2 Å². The number of rotatable bonds is 8. The van der Waals surface area contributed by atoms with E-state index in [4.69, 9.17) is 14.2 Å². The summed E-state index contributed by atoms with van der Waals surface area (Å²) in [4.78, 5) is 2.55. The van der Waals surface area contributed by atoms with Gasteiger partial charge in [-0.2, -0.15) is 0 Å². The fraction of sp³-hybridized carbons (Fsp3) is 0.455. The van der Waals surface area contributed by atoms with E-state index in [2.05, 4.69) is 36.1 Å². The molecule has 0 bridgehead atoms. The number of likely N-dealkylation sites (tertiary alicyclic amines) is 1. The van der Waals surface area contributed by atoms with Crippen LogP contribution in [0.2, 0.25) is 0 Å². The predicted molar refractivity (Wildman–Crippen MR) is 105 cm³/mol. The highest BCUT2D eigenvalue weighted by Gasteiger charge is 2.24. The zero-order chi connectivity index (χ0) is 18.4. The number of hydrogen-bond donors (Lipinski definition) is 0. The molecule has 3 rings (SSSR count). The minimum atomic E-state index is 0.496. The molecule has 4 heteroatoms. The van der Waals surface area contributed by atoms with Crippen LogP contribution in [0.1, 0.15) is 24.0 Å². The smallest absolute Gasteiger partial charge is 0.160 e. The van der Waals surface area contributed by atoms with E-state index in [0.29, 0.717) is 6.04 Å². The molecule has 0 saturated carbocycles. The Balaban J connectivity index is 1.54. The van der Waals surface area contributed by atoms with Crippen LogP contribution in [-0.4, -0.2) is 44.9 Å². The number of aryl methyl sites for hydroxylation is 1. The first-order chi connectivity index (χ1) is 12.7. The standard InChI is InChI=1S/C22H29NO3/c1-17-6-4-8-20(14-17)26-16-19-7-5-12-23(19)13-11-18-9-10-21(24-2)22(15-18)25-3/h4,6,8-10,14-15,19H,5,7,11-13,16H2,1-3H3. The van der Waals surface area contributed by atoms with Crippen molar-refractivity contribution < 1.29 is 14.2 Å². The van der Waals surface area contributed by atoms with Gasteiger partial charge in [0.25, 0.3) is 0 Å². The van der Waals surface area contributed by atoms with Crippen molar-refractivity contribution >= 4 is 0 Å². The van der Waals surface area contributed by atoms with Crippen molar-refractivity contribution in [1.82, 2.24) is 4.90 Å². The van der Waals surface area contributed by atoms with Crippen LogP contribution in [0.3, 0.4) is 0 Å². The van der Waals surface area contributed by atoms with Gasteiger partial charge in [0, 0.05) is 12.6 Å². The molecule has 1 unspecified atom stereocenters. The van der Waals surface area contributed by atoms with Gasteiger partial charge >= 0.3 is 0 Å². The first kappa shape index (κ1) is 18.6. The Morgan fingerprint density at radius 1 is 1.04 bits per heavy atom. The Bertz CT molecular complexity index is 716. The minimum Gasteiger partial charge on any atom is -0.493 e. The molecular weight excluding hydrogens is 326 g/mol. The van der Waals surface area contributed by atoms with Gasteiger partial charge in [0.2, 0.25) is 0 Å². The van der Waals surface area contributed by atoms with Crippen LogP contribution in [0, 0.1) is 6.92 Å². The Hall–Kier alpha value is -2.20. The van der Waals surface area contributed by atoms with Crippen molar-refractivity contribution in [2.75, 3.05) is 33.9 Å². The number of hydrogen-bond acceptors (Lipinski definition) is 4. The summed E-state index contributed by atoms with van der Waals surface area (Å²) in [5.41, 5.74) is 2.51. The number of methoxy groups -OCH3 is 2. The maximum absolute atomic E-state index is 6.04. The molecule has 0 aromatic heterocycles. The summed E-state index contributed by atoms with van der Waals surface area (Å²) in [5.74, 6) is 2.55. The molecule has 1 heterocycles. The van der Waals surface area contributed by atoms with Crippen molar-refractivity contribution in [3.63, 3.8) is 0 Å². The van der Waals surface area contributed by atoms with Crippen molar-refractivity contribution in [2.45, 2.75) is 32.2 Å². The molecule has 1 aliphatic heterocycles. The van der Waals surface area contributed by atoms with Crippen molar-refractivity contribution in [1.29, 1.82) is 0 Å². The fourth-order valence-electron chi connectivity index (χ4n) is 3.58. The van der Waals surface area contributed by atoms with E-state index in [0.717, 1.165) is 43.4 Å². The molecule has 1 fully saturated rings. The number of nitrogens with zero attached hydrogens (tertiary/aromatic N) is 1. The Morgan fingerprint density at radius 2 is 1.88 bits per heavy atom. The molecule has 0 amide bonds. The van der Waals surface area contributed by atoms with Crippen LogP contribution in [0.4, 0.5) is 0 Å². The summed E-state index contributed by atoms with van der Waals surface area (Å²) in [6, 6.07) is 15.0. The van der Waals surface area contributed by atoms with Gasteiger partial charge in [0.05, 0.1) is 14.2 Å². The number of benzene rings is 2. The van der Waals surface area contributed by atoms with E-state index in [1.807, 2.05) is 18.2 Å². The first-order valence-corrected chi connectivity index (χ1v) is 9.34. The molecule has 1 aliphatic rings. The molecule has 1 saturated heterocycles. The van der Waals surface area contributed by atoms with Crippen LogP contribution in [0.25, 0.3) is 0 Å². The second-order valence-corrected chi connectivity index (χ2v) is 6.90. The van der Waals surface area contributed by atoms with Gasteiger partial charge in [-0.05, 0) is 68.1 Å². The Morgan fingerprint density at radius 3 is 2.65 bits per heavy atom. The van der Waals surface area contributed by atoms with Crippen LogP contribution in [0.15, 0.2) is 42.5 Å². The molecular formula is C22H29NO3. The normalized spacial score (nSPS) is 17.3. The van der Waals surface area contributed by atoms with Gasteiger partial charge in [-0.25, -0.2) is 0 Å². The van der Waals surface area contributed by atoms with Crippen LogP contribution in [0.5, 0.6) is 17.2 Å². The molecule has 2 aromatic rings. The van der Waals surface area contributed by atoms with E-state index in [1.54, 1.807) is 14.2 Å². The summed E-state index contributed by atoms with van der Waals surface area (Å²) < 4.78 is 16.8. The Kier molecular flexibility index (Phi) is 6.40. The van der Waals surface area contributed by atoms with Gasteiger partial charge in [-0.3, -0.25) is 4.90 Å². The van der Waals surface area contributed by atoms with Crippen molar-refractivity contribution in [2.24, 2.45) is 0 Å². The monoisotopic (exact) mass is 355 g/mol. The van der Waals surface area contributed by atoms with E-state index < -0.39 is 0 Å². The number of ether oxygens (including phenoxy) is 3. The third kappa shape index (κ3) is 4.70. The van der Waals surface area contributed by atoms with E-state index in [1.165, 1.54) is 24.0 Å². The lowest BCUT2D eigenvalue weighted by atomic mass is 10.1. The van der Waals surface area contributed by atoms with Gasteiger partial charge in [0.1, 0.15) is 12.4 Å². The fourth-order valence-corrected chi connectivity index (χ4v) is 3.58. The average molecular weight is 355 g/mol. The largest absolute Gasteiger partial charge is 0.493 e. The van der Waals surface area contributed by atoms with Crippen LogP contribution in [-0.2, 0) is 6.42 Å². The molecule has 26 heavy (non-hydrogen) atoms. The lowest BCUT2D eigenvalue weighted by Crippen LogP contribution is -2.35. The van der Waals surface area contributed by atoms with Gasteiger partial charge < -0.3 is 14.2 Å². The third-order valence-corrected chi connectivity index (χ3v) is 5.07. The quantitative estimate of drug-likeness (QED) is 0.713. The van der Waals surface area contributed by atoms with E-state index in [-0.39, 0.29) is 0 Å². The first-order valence-electron chi connectivity index (χ1n) is 9.34. The summed E-state index contributed by atoms with van der Waals surface area (Å²) in [6.45, 7) is 5.04. The zero-order valence-electron chi connectivity index (χ0n) is 16.0. The molecule has 0 aliphatic carbocycles. The van der Waals surface area contributed by atoms with E-state index in [9.17, 15) is 0 Å². The highest BCUT2D eigenvalue weighted by molar-refractivity contribution is 5.43. The van der Waals surface area contributed by atoms with Gasteiger partial charge in [-0.15, -0.1) is 0 Å². The predicted octanol–water partition coefficient (Wildman–Crippen LogP) is 4.10. The third-order valence-electron chi connectivity index (χ3n) is 5.07. The zero-order valence-corrected chi connectivity index (χ0v) is 16.0. The lowest BCUT2D eigenvalue weighted by molar-refractivity contribution is 0.174. The highest BCUT2D eigenvalue weighted by Crippen LogP contribution is 2.28. The summed E-state index contributed by atoms with van der Waals surface area (Å²) in [6.07, 6.45) is 3.45. The lowest BCUT2D eigenvalue weighted by Gasteiger charge is -2.24. The van der Waals surface area contributed by atoms with Gasteiger partial charge in [0.15, 0.2) is 11.5 Å². The molecule has 0 spiro atoms. The van der Waals surface area contributed by atoms with Crippen molar-refractivity contribution in [3.8, 4) is 17.2 Å². The second kappa shape index (κ2) is 8.95. The SMILES string of the molecule is COc1ccc(CCN2CCCC2COc2cccc(C)c2)cc1OC. The maximum Gasteiger partial charge on any atom is 0.160 e. The molecule has 0 radical (unpaired) electrons. The molecule has 140 valence electrons.